The molecule has 2 N–H and O–H groups in total. The van der Waals surface area contributed by atoms with Crippen LogP contribution in [0.25, 0.3) is 0 Å². The van der Waals surface area contributed by atoms with Crippen molar-refractivity contribution in [2.45, 2.75) is 63.3 Å². The van der Waals surface area contributed by atoms with Gasteiger partial charge in [0.1, 0.15) is 0 Å². The van der Waals surface area contributed by atoms with E-state index in [1.54, 1.807) is 12.1 Å². The number of hydrogen-bond donors (Lipinski definition) is 2. The lowest BCUT2D eigenvalue weighted by molar-refractivity contribution is 0.0953. The van der Waals surface area contributed by atoms with Crippen molar-refractivity contribution >= 4 is 15.9 Å². The first-order valence-corrected chi connectivity index (χ1v) is 11.5. The maximum absolute atomic E-state index is 12.5. The van der Waals surface area contributed by atoms with E-state index in [4.69, 9.17) is 0 Å². The maximum Gasteiger partial charge on any atom is 0.251 e. The second-order valence-corrected chi connectivity index (χ2v) is 8.95. The largest absolute Gasteiger partial charge is 0.351 e. The van der Waals surface area contributed by atoms with E-state index in [1.807, 2.05) is 13.8 Å². The van der Waals surface area contributed by atoms with E-state index in [2.05, 4.69) is 10.6 Å². The number of nitrogens with one attached hydrogen (secondary N) is 2. The van der Waals surface area contributed by atoms with E-state index < -0.39 is 10.0 Å². The van der Waals surface area contributed by atoms with Crippen LogP contribution in [-0.2, 0) is 10.0 Å². The Balaban J connectivity index is 1.83. The summed E-state index contributed by atoms with van der Waals surface area (Å²) in [5.74, 6) is -0.176. The van der Waals surface area contributed by atoms with Crippen molar-refractivity contribution < 1.29 is 13.2 Å². The van der Waals surface area contributed by atoms with Crippen LogP contribution < -0.4 is 10.6 Å². The Hall–Kier alpha value is -1.44. The molecule has 0 bridgehead atoms. The van der Waals surface area contributed by atoms with Gasteiger partial charge in [0.05, 0.1) is 4.90 Å². The fourth-order valence-corrected chi connectivity index (χ4v) is 4.99. The highest BCUT2D eigenvalue weighted by Gasteiger charge is 2.21. The highest BCUT2D eigenvalue weighted by Crippen LogP contribution is 2.17. The van der Waals surface area contributed by atoms with Crippen LogP contribution in [0.3, 0.4) is 0 Å². The molecule has 7 heteroatoms. The average molecular weight is 396 g/mol. The third-order valence-corrected chi connectivity index (χ3v) is 7.22. The fourth-order valence-electron chi connectivity index (χ4n) is 3.53. The molecule has 1 aliphatic carbocycles. The molecule has 1 amide bonds. The number of carbonyl (C=O) groups excluding carboxylic acids is 1. The number of benzene rings is 1. The van der Waals surface area contributed by atoms with Crippen LogP contribution in [0.5, 0.6) is 0 Å². The Morgan fingerprint density at radius 3 is 2.15 bits per heavy atom. The van der Waals surface area contributed by atoms with Crippen LogP contribution in [0.15, 0.2) is 29.2 Å². The molecule has 6 nitrogen and oxygen atoms in total. The maximum atomic E-state index is 12.5. The van der Waals surface area contributed by atoms with E-state index in [0.29, 0.717) is 31.2 Å². The van der Waals surface area contributed by atoms with E-state index in [-0.39, 0.29) is 10.8 Å². The van der Waals surface area contributed by atoms with Crippen LogP contribution in [0.2, 0.25) is 0 Å². The van der Waals surface area contributed by atoms with Crippen LogP contribution in [-0.4, -0.2) is 50.9 Å². The monoisotopic (exact) mass is 395 g/mol. The first-order valence-electron chi connectivity index (χ1n) is 10.1. The highest BCUT2D eigenvalue weighted by atomic mass is 32.2. The molecule has 1 saturated carbocycles. The van der Waals surface area contributed by atoms with Crippen molar-refractivity contribution in [2.75, 3.05) is 26.2 Å². The zero-order chi connectivity index (χ0) is 19.7. The average Bonchev–Trinajstić information content (AvgIpc) is 2.95. The summed E-state index contributed by atoms with van der Waals surface area (Å²) in [6.07, 6.45) is 7.66. The molecule has 0 radical (unpaired) electrons. The van der Waals surface area contributed by atoms with Crippen LogP contribution >= 0.6 is 0 Å². The van der Waals surface area contributed by atoms with Gasteiger partial charge in [-0.1, -0.05) is 39.5 Å². The molecule has 1 fully saturated rings. The molecule has 2 rings (SSSR count). The van der Waals surface area contributed by atoms with Gasteiger partial charge in [0.15, 0.2) is 0 Å². The first-order chi connectivity index (χ1) is 13.0. The van der Waals surface area contributed by atoms with Gasteiger partial charge < -0.3 is 10.6 Å². The normalized spacial score (nSPS) is 16.3. The van der Waals surface area contributed by atoms with Gasteiger partial charge in [-0.3, -0.25) is 4.79 Å². The Labute approximate surface area is 163 Å². The van der Waals surface area contributed by atoms with E-state index in [0.717, 1.165) is 6.54 Å². The lowest BCUT2D eigenvalue weighted by Gasteiger charge is -2.18. The van der Waals surface area contributed by atoms with Crippen LogP contribution in [0.1, 0.15) is 62.7 Å². The Bertz CT molecular complexity index is 677. The lowest BCUT2D eigenvalue weighted by atomic mass is 10.1. The predicted molar refractivity (Wildman–Crippen MR) is 108 cm³/mol. The number of carbonyl (C=O) groups is 1. The second kappa shape index (κ2) is 10.8. The zero-order valence-electron chi connectivity index (χ0n) is 16.5. The van der Waals surface area contributed by atoms with Crippen molar-refractivity contribution in [3.05, 3.63) is 29.8 Å². The number of nitrogens with zero attached hydrogens (tertiary/aromatic N) is 1. The summed E-state index contributed by atoms with van der Waals surface area (Å²) in [6.45, 7) is 5.79. The Kier molecular flexibility index (Phi) is 8.73. The quantitative estimate of drug-likeness (QED) is 0.498. The topological polar surface area (TPSA) is 78.5 Å². The summed E-state index contributed by atoms with van der Waals surface area (Å²) in [4.78, 5) is 12.5. The number of amides is 1. The standard InChI is InChI=1S/C20H33N3O3S/c1-3-23(4-2)27(25,26)19-13-11-17(12-14-19)20(24)22-16-15-21-18-9-7-5-6-8-10-18/h11-14,18,21H,3-10,15-16H2,1-2H3,(H,22,24). The van der Waals surface area contributed by atoms with Crippen molar-refractivity contribution in [3.8, 4) is 0 Å². The molecule has 0 spiro atoms. The molecule has 1 aromatic rings. The highest BCUT2D eigenvalue weighted by molar-refractivity contribution is 7.89. The zero-order valence-corrected chi connectivity index (χ0v) is 17.4. The lowest BCUT2D eigenvalue weighted by Crippen LogP contribution is -2.36. The summed E-state index contributed by atoms with van der Waals surface area (Å²) in [5, 5.41) is 6.42. The predicted octanol–water partition coefficient (Wildman–Crippen LogP) is 2.76. The first kappa shape index (κ1) is 21.9. The molecule has 0 unspecified atom stereocenters. The SMILES string of the molecule is CCN(CC)S(=O)(=O)c1ccc(C(=O)NCCNC2CCCCCC2)cc1. The minimum Gasteiger partial charge on any atom is -0.351 e. The van der Waals surface area contributed by atoms with Gasteiger partial charge in [0.25, 0.3) is 5.91 Å². The Morgan fingerprint density at radius 2 is 1.59 bits per heavy atom. The third kappa shape index (κ3) is 6.30. The van der Waals surface area contributed by atoms with E-state index in [1.165, 1.54) is 55.0 Å². The number of rotatable bonds is 9. The van der Waals surface area contributed by atoms with Gasteiger partial charge in [0.2, 0.25) is 10.0 Å². The van der Waals surface area contributed by atoms with E-state index in [9.17, 15) is 13.2 Å². The summed E-state index contributed by atoms with van der Waals surface area (Å²) >= 11 is 0. The summed E-state index contributed by atoms with van der Waals surface area (Å²) in [5.41, 5.74) is 0.475. The minimum absolute atomic E-state index is 0.176. The molecule has 1 aromatic carbocycles. The fraction of sp³-hybridized carbons (Fsp3) is 0.650. The molecule has 0 saturated heterocycles. The molecule has 0 heterocycles. The number of sulfonamides is 1. The molecule has 0 aliphatic heterocycles. The van der Waals surface area contributed by atoms with Gasteiger partial charge >= 0.3 is 0 Å². The molecule has 0 atom stereocenters. The summed E-state index contributed by atoms with van der Waals surface area (Å²) < 4.78 is 26.4. The molecule has 152 valence electrons. The van der Waals surface area contributed by atoms with Gasteiger partial charge in [0, 0.05) is 37.8 Å². The summed E-state index contributed by atoms with van der Waals surface area (Å²) in [7, 11) is -3.49. The minimum atomic E-state index is -3.49. The van der Waals surface area contributed by atoms with Crippen molar-refractivity contribution in [3.63, 3.8) is 0 Å². The molecular formula is C20H33N3O3S. The third-order valence-electron chi connectivity index (χ3n) is 5.16. The Morgan fingerprint density at radius 1 is 1.00 bits per heavy atom. The van der Waals surface area contributed by atoms with Crippen LogP contribution in [0, 0.1) is 0 Å². The van der Waals surface area contributed by atoms with Crippen molar-refractivity contribution in [1.29, 1.82) is 0 Å². The van der Waals surface area contributed by atoms with Crippen LogP contribution in [0.4, 0.5) is 0 Å². The molecule has 1 aliphatic rings. The second-order valence-electron chi connectivity index (χ2n) is 7.01. The van der Waals surface area contributed by atoms with Gasteiger partial charge in [-0.2, -0.15) is 4.31 Å². The van der Waals surface area contributed by atoms with Gasteiger partial charge in [-0.25, -0.2) is 8.42 Å². The number of hydrogen-bond acceptors (Lipinski definition) is 4. The molecule has 0 aromatic heterocycles. The summed E-state index contributed by atoms with van der Waals surface area (Å²) in [6, 6.07) is 6.72. The van der Waals surface area contributed by atoms with Crippen molar-refractivity contribution in [1.82, 2.24) is 14.9 Å². The van der Waals surface area contributed by atoms with E-state index >= 15 is 0 Å². The smallest absolute Gasteiger partial charge is 0.251 e. The van der Waals surface area contributed by atoms with Gasteiger partial charge in [-0.05, 0) is 37.1 Å². The van der Waals surface area contributed by atoms with Crippen molar-refractivity contribution in [2.24, 2.45) is 0 Å². The van der Waals surface area contributed by atoms with Gasteiger partial charge in [-0.15, -0.1) is 0 Å². The molecule has 27 heavy (non-hydrogen) atoms. The molecular weight excluding hydrogens is 362 g/mol.